The van der Waals surface area contributed by atoms with Crippen LogP contribution in [-0.2, 0) is 9.53 Å². The number of carbonyl (C=O) groups is 1. The summed E-state index contributed by atoms with van der Waals surface area (Å²) in [6, 6.07) is 3.53. The first-order chi connectivity index (χ1) is 12.3. The molecule has 0 bridgehead atoms. The molecule has 0 aliphatic rings. The number of aliphatic hydroxyl groups is 2. The molecule has 0 heterocycles. The highest BCUT2D eigenvalue weighted by atomic mass is 16.5. The van der Waals surface area contributed by atoms with E-state index < -0.39 is 18.2 Å². The van der Waals surface area contributed by atoms with Crippen molar-refractivity contribution in [3.63, 3.8) is 0 Å². The average Bonchev–Trinajstić information content (AvgIpc) is 2.59. The average molecular weight is 362 g/mol. The van der Waals surface area contributed by atoms with Crippen LogP contribution in [0.2, 0.25) is 0 Å². The highest BCUT2D eigenvalue weighted by molar-refractivity contribution is 5.74. The molecule has 0 fully saturated rings. The van der Waals surface area contributed by atoms with Gasteiger partial charge < -0.3 is 20.1 Å². The van der Waals surface area contributed by atoms with Crippen molar-refractivity contribution in [2.45, 2.75) is 65.6 Å². The summed E-state index contributed by atoms with van der Waals surface area (Å²) in [5, 5.41) is 30.1. The molecule has 144 valence electrons. The summed E-state index contributed by atoms with van der Waals surface area (Å²) in [4.78, 5) is 11.6. The standard InChI is InChI=1S/C21H30O5/c1-5-8-16(13-19(23)21(25)26-6-2)9-7-10-18(22)17-11-14(3)20(24)15(4)12-17/h7,11-12,18-19,22-24H,5-6,8,10,13H2,1-4H3/t9?,18-,19-/m1/s1. The fourth-order valence-electron chi connectivity index (χ4n) is 2.72. The zero-order valence-electron chi connectivity index (χ0n) is 16.1. The minimum absolute atomic E-state index is 0.177. The zero-order valence-corrected chi connectivity index (χ0v) is 16.1. The molecule has 5 heteroatoms. The van der Waals surface area contributed by atoms with Gasteiger partial charge in [0.1, 0.15) is 5.75 Å². The lowest BCUT2D eigenvalue weighted by Gasteiger charge is -2.12. The minimum Gasteiger partial charge on any atom is -0.507 e. The van der Waals surface area contributed by atoms with E-state index in [2.05, 4.69) is 5.73 Å². The van der Waals surface area contributed by atoms with Gasteiger partial charge >= 0.3 is 5.97 Å². The number of aromatic hydroxyl groups is 1. The molecule has 0 saturated carbocycles. The van der Waals surface area contributed by atoms with Crippen molar-refractivity contribution in [1.29, 1.82) is 0 Å². The van der Waals surface area contributed by atoms with Crippen LogP contribution in [0.3, 0.4) is 0 Å². The van der Waals surface area contributed by atoms with Crippen molar-refractivity contribution in [2.24, 2.45) is 0 Å². The van der Waals surface area contributed by atoms with Gasteiger partial charge in [-0.1, -0.05) is 13.3 Å². The van der Waals surface area contributed by atoms with Crippen LogP contribution in [-0.4, -0.2) is 34.0 Å². The van der Waals surface area contributed by atoms with Crippen molar-refractivity contribution in [2.75, 3.05) is 6.61 Å². The molecule has 0 amide bonds. The number of aliphatic hydroxyl groups excluding tert-OH is 2. The summed E-state index contributed by atoms with van der Waals surface area (Å²) in [6.07, 6.45) is 1.93. The van der Waals surface area contributed by atoms with Crippen LogP contribution in [0, 0.1) is 13.8 Å². The fourth-order valence-corrected chi connectivity index (χ4v) is 2.72. The van der Waals surface area contributed by atoms with E-state index in [1.54, 1.807) is 39.0 Å². The van der Waals surface area contributed by atoms with Gasteiger partial charge in [-0.3, -0.25) is 0 Å². The quantitative estimate of drug-likeness (QED) is 0.461. The number of aryl methyl sites for hydroxylation is 2. The highest BCUT2D eigenvalue weighted by Gasteiger charge is 2.17. The second-order valence-corrected chi connectivity index (χ2v) is 6.43. The molecule has 1 aromatic carbocycles. The Bertz CT molecular complexity index is 648. The second kappa shape index (κ2) is 10.8. The molecule has 5 nitrogen and oxygen atoms in total. The minimum atomic E-state index is -1.19. The van der Waals surface area contributed by atoms with Crippen molar-refractivity contribution in [1.82, 2.24) is 0 Å². The first kappa shape index (κ1) is 22.0. The van der Waals surface area contributed by atoms with Gasteiger partial charge in [0.05, 0.1) is 12.7 Å². The summed E-state index contributed by atoms with van der Waals surface area (Å²) >= 11 is 0. The number of esters is 1. The topological polar surface area (TPSA) is 87.0 Å². The Morgan fingerprint density at radius 2 is 1.85 bits per heavy atom. The molecule has 26 heavy (non-hydrogen) atoms. The number of benzene rings is 1. The monoisotopic (exact) mass is 362 g/mol. The van der Waals surface area contributed by atoms with Crippen LogP contribution in [0.5, 0.6) is 5.75 Å². The van der Waals surface area contributed by atoms with Crippen LogP contribution in [0.15, 0.2) is 29.5 Å². The van der Waals surface area contributed by atoms with E-state index in [1.807, 2.05) is 6.92 Å². The van der Waals surface area contributed by atoms with Gasteiger partial charge in [-0.05, 0) is 67.7 Å². The Morgan fingerprint density at radius 3 is 2.38 bits per heavy atom. The summed E-state index contributed by atoms with van der Waals surface area (Å²) in [7, 11) is 0. The van der Waals surface area contributed by atoms with Gasteiger partial charge in [0, 0.05) is 12.8 Å². The van der Waals surface area contributed by atoms with Crippen LogP contribution < -0.4 is 0 Å². The van der Waals surface area contributed by atoms with Gasteiger partial charge in [0.15, 0.2) is 6.10 Å². The van der Waals surface area contributed by atoms with E-state index in [4.69, 9.17) is 4.74 Å². The number of ether oxygens (including phenoxy) is 1. The fraction of sp³-hybridized carbons (Fsp3) is 0.524. The van der Waals surface area contributed by atoms with Crippen molar-refractivity contribution in [3.05, 3.63) is 46.2 Å². The van der Waals surface area contributed by atoms with Crippen LogP contribution >= 0.6 is 0 Å². The molecule has 2 atom stereocenters. The van der Waals surface area contributed by atoms with Gasteiger partial charge in [0.25, 0.3) is 0 Å². The summed E-state index contributed by atoms with van der Waals surface area (Å²) in [6.45, 7) is 7.53. The van der Waals surface area contributed by atoms with Gasteiger partial charge in [-0.15, -0.1) is 5.73 Å². The Hall–Kier alpha value is -2.07. The Kier molecular flexibility index (Phi) is 9.14. The lowest BCUT2D eigenvalue weighted by atomic mass is 9.99. The lowest BCUT2D eigenvalue weighted by molar-refractivity contribution is -0.152. The molecule has 0 saturated heterocycles. The predicted octanol–water partition coefficient (Wildman–Crippen LogP) is 3.63. The van der Waals surface area contributed by atoms with Crippen molar-refractivity contribution >= 4 is 5.97 Å². The number of rotatable bonds is 9. The predicted molar refractivity (Wildman–Crippen MR) is 101 cm³/mol. The molecule has 0 radical (unpaired) electrons. The van der Waals surface area contributed by atoms with E-state index in [1.165, 1.54) is 0 Å². The first-order valence-electron chi connectivity index (χ1n) is 9.05. The Labute approximate surface area is 155 Å². The summed E-state index contributed by atoms with van der Waals surface area (Å²) in [5.41, 5.74) is 6.11. The SMILES string of the molecule is CCCC(=C=CC[C@@H](O)c1cc(C)c(O)c(C)c1)C[C@@H](O)C(=O)OCC. The number of hydrogen-bond acceptors (Lipinski definition) is 5. The van der Waals surface area contributed by atoms with Gasteiger partial charge in [-0.25, -0.2) is 4.79 Å². The maximum absolute atomic E-state index is 11.6. The molecule has 1 rings (SSSR count). The third kappa shape index (κ3) is 6.68. The Morgan fingerprint density at radius 1 is 1.23 bits per heavy atom. The van der Waals surface area contributed by atoms with Crippen LogP contribution in [0.25, 0.3) is 0 Å². The third-order valence-electron chi connectivity index (χ3n) is 4.10. The van der Waals surface area contributed by atoms with E-state index in [9.17, 15) is 20.1 Å². The maximum Gasteiger partial charge on any atom is 0.335 e. The number of phenols is 1. The summed E-state index contributed by atoms with van der Waals surface area (Å²) in [5.74, 6) is -0.382. The summed E-state index contributed by atoms with van der Waals surface area (Å²) < 4.78 is 4.81. The first-order valence-corrected chi connectivity index (χ1v) is 9.05. The molecule has 1 aromatic rings. The van der Waals surface area contributed by atoms with Gasteiger partial charge in [-0.2, -0.15) is 0 Å². The third-order valence-corrected chi connectivity index (χ3v) is 4.10. The molecule has 0 aliphatic carbocycles. The number of phenolic OH excluding ortho intramolecular Hbond substituents is 1. The van der Waals surface area contributed by atoms with E-state index in [-0.39, 0.29) is 18.8 Å². The van der Waals surface area contributed by atoms with Crippen LogP contribution in [0.4, 0.5) is 0 Å². The molecule has 3 N–H and O–H groups in total. The smallest absolute Gasteiger partial charge is 0.335 e. The van der Waals surface area contributed by atoms with Crippen molar-refractivity contribution < 1.29 is 24.9 Å². The molecule has 0 aromatic heterocycles. The number of carbonyl (C=O) groups excluding carboxylic acids is 1. The lowest BCUT2D eigenvalue weighted by Crippen LogP contribution is -2.23. The number of hydrogen-bond donors (Lipinski definition) is 3. The molecular weight excluding hydrogens is 332 g/mol. The second-order valence-electron chi connectivity index (χ2n) is 6.43. The largest absolute Gasteiger partial charge is 0.507 e. The zero-order chi connectivity index (χ0) is 19.7. The van der Waals surface area contributed by atoms with Crippen molar-refractivity contribution in [3.8, 4) is 5.75 Å². The van der Waals surface area contributed by atoms with E-state index in [0.717, 1.165) is 28.7 Å². The Balaban J connectivity index is 2.83. The van der Waals surface area contributed by atoms with Crippen LogP contribution in [0.1, 0.15) is 62.3 Å². The highest BCUT2D eigenvalue weighted by Crippen LogP contribution is 2.27. The molecule has 0 unspecified atom stereocenters. The van der Waals surface area contributed by atoms with Gasteiger partial charge in [0.2, 0.25) is 0 Å². The molecule has 0 spiro atoms. The molecular formula is C21H30O5. The molecule has 0 aliphatic heterocycles. The van der Waals surface area contributed by atoms with E-state index in [0.29, 0.717) is 12.8 Å². The van der Waals surface area contributed by atoms with E-state index >= 15 is 0 Å². The normalized spacial score (nSPS) is 12.8. The maximum atomic E-state index is 11.6.